The van der Waals surface area contributed by atoms with Crippen LogP contribution in [0.5, 0.6) is 0 Å². The highest BCUT2D eigenvalue weighted by Crippen LogP contribution is 2.33. The second kappa shape index (κ2) is 6.86. The molecule has 0 spiro atoms. The van der Waals surface area contributed by atoms with Crippen LogP contribution in [0.3, 0.4) is 0 Å². The topological polar surface area (TPSA) is 86.7 Å². The largest absolute Gasteiger partial charge is 0.480 e. The molecule has 1 aromatic carbocycles. The highest BCUT2D eigenvalue weighted by molar-refractivity contribution is 5.94. The van der Waals surface area contributed by atoms with Crippen molar-refractivity contribution >= 4 is 17.8 Å². The van der Waals surface area contributed by atoms with Crippen LogP contribution in [0, 0.1) is 12.8 Å². The van der Waals surface area contributed by atoms with Gasteiger partial charge < -0.3 is 15.3 Å². The average Bonchev–Trinajstić information content (AvgIpc) is 2.58. The van der Waals surface area contributed by atoms with Crippen LogP contribution in [0.15, 0.2) is 24.3 Å². The van der Waals surface area contributed by atoms with E-state index in [-0.39, 0.29) is 17.7 Å². The quantitative estimate of drug-likeness (QED) is 0.874. The number of piperidine rings is 1. The van der Waals surface area contributed by atoms with Gasteiger partial charge in [-0.05, 0) is 51.2 Å². The summed E-state index contributed by atoms with van der Waals surface area (Å²) in [6, 6.07) is 7.47. The van der Waals surface area contributed by atoms with Gasteiger partial charge >= 0.3 is 5.97 Å². The predicted molar refractivity (Wildman–Crippen MR) is 92.2 cm³/mol. The van der Waals surface area contributed by atoms with E-state index in [1.807, 2.05) is 31.2 Å². The molecule has 1 saturated heterocycles. The van der Waals surface area contributed by atoms with E-state index in [0.29, 0.717) is 44.3 Å². The molecule has 0 unspecified atom stereocenters. The first-order valence-electron chi connectivity index (χ1n) is 8.83. The van der Waals surface area contributed by atoms with Crippen molar-refractivity contribution in [3.8, 4) is 0 Å². The second-order valence-corrected chi connectivity index (χ2v) is 7.16. The number of nitrogens with one attached hydrogen (secondary N) is 1. The summed E-state index contributed by atoms with van der Waals surface area (Å²) < 4.78 is 0. The Bertz CT molecular complexity index is 671. The van der Waals surface area contributed by atoms with Crippen LogP contribution in [0.2, 0.25) is 0 Å². The number of carbonyl (C=O) groups is 3. The zero-order valence-corrected chi connectivity index (χ0v) is 14.5. The number of likely N-dealkylation sites (tertiary alicyclic amines) is 1. The molecule has 2 amide bonds. The number of carboxylic acid groups (broad SMARTS) is 1. The zero-order chi connectivity index (χ0) is 18.0. The molecule has 25 heavy (non-hydrogen) atoms. The maximum atomic E-state index is 12.5. The normalized spacial score (nSPS) is 19.8. The third kappa shape index (κ3) is 3.52. The lowest BCUT2D eigenvalue weighted by molar-refractivity contribution is -0.152. The van der Waals surface area contributed by atoms with Crippen LogP contribution in [0.4, 0.5) is 0 Å². The molecule has 2 N–H and O–H groups in total. The summed E-state index contributed by atoms with van der Waals surface area (Å²) in [4.78, 5) is 38.1. The smallest absolute Gasteiger partial charge is 0.329 e. The SMILES string of the molecule is Cc1ccc(C(=O)N2CCC(C(=O)NC3(C(=O)O)CCC3)CC2)cc1. The molecule has 6 heteroatoms. The zero-order valence-electron chi connectivity index (χ0n) is 14.5. The molecule has 0 bridgehead atoms. The Morgan fingerprint density at radius 2 is 1.72 bits per heavy atom. The van der Waals surface area contributed by atoms with Crippen molar-refractivity contribution in [3.05, 3.63) is 35.4 Å². The van der Waals surface area contributed by atoms with Crippen LogP contribution in [-0.2, 0) is 9.59 Å². The third-order valence-corrected chi connectivity index (χ3v) is 5.43. The summed E-state index contributed by atoms with van der Waals surface area (Å²) in [6.07, 6.45) is 2.96. The molecule has 1 heterocycles. The minimum absolute atomic E-state index is 0.0140. The summed E-state index contributed by atoms with van der Waals surface area (Å²) in [6.45, 7) is 3.01. The Morgan fingerprint density at radius 1 is 1.12 bits per heavy atom. The molecule has 6 nitrogen and oxygen atoms in total. The molecular weight excluding hydrogens is 320 g/mol. The van der Waals surface area contributed by atoms with E-state index in [0.717, 1.165) is 12.0 Å². The van der Waals surface area contributed by atoms with E-state index >= 15 is 0 Å². The minimum Gasteiger partial charge on any atom is -0.480 e. The van der Waals surface area contributed by atoms with Crippen molar-refractivity contribution in [2.24, 2.45) is 5.92 Å². The first-order chi connectivity index (χ1) is 11.9. The van der Waals surface area contributed by atoms with E-state index in [9.17, 15) is 19.5 Å². The lowest BCUT2D eigenvalue weighted by Gasteiger charge is -2.40. The van der Waals surface area contributed by atoms with E-state index in [2.05, 4.69) is 5.32 Å². The fourth-order valence-electron chi connectivity index (χ4n) is 3.48. The fourth-order valence-corrected chi connectivity index (χ4v) is 3.48. The molecule has 2 aliphatic rings. The summed E-state index contributed by atoms with van der Waals surface area (Å²) in [5, 5.41) is 12.1. The van der Waals surface area contributed by atoms with E-state index in [1.54, 1.807) is 4.90 Å². The van der Waals surface area contributed by atoms with Crippen molar-refractivity contribution in [2.45, 2.75) is 44.6 Å². The molecule has 0 atom stereocenters. The minimum atomic E-state index is -1.06. The van der Waals surface area contributed by atoms with Crippen molar-refractivity contribution in [2.75, 3.05) is 13.1 Å². The lowest BCUT2D eigenvalue weighted by Crippen LogP contribution is -2.60. The number of amides is 2. The number of aryl methyl sites for hydroxylation is 1. The third-order valence-electron chi connectivity index (χ3n) is 5.43. The molecular formula is C19H24N2O4. The molecule has 134 valence electrons. The van der Waals surface area contributed by atoms with E-state index < -0.39 is 11.5 Å². The Kier molecular flexibility index (Phi) is 4.79. The number of benzene rings is 1. The average molecular weight is 344 g/mol. The monoisotopic (exact) mass is 344 g/mol. The van der Waals surface area contributed by atoms with Crippen LogP contribution in [-0.4, -0.2) is 46.4 Å². The van der Waals surface area contributed by atoms with Gasteiger partial charge in [-0.3, -0.25) is 9.59 Å². The van der Waals surface area contributed by atoms with Gasteiger partial charge in [0.1, 0.15) is 5.54 Å². The maximum Gasteiger partial charge on any atom is 0.329 e. The Labute approximate surface area is 147 Å². The summed E-state index contributed by atoms with van der Waals surface area (Å²) in [5.74, 6) is -1.37. The molecule has 1 aliphatic heterocycles. The first kappa shape index (κ1) is 17.5. The lowest BCUT2D eigenvalue weighted by atomic mass is 9.76. The predicted octanol–water partition coefficient (Wildman–Crippen LogP) is 1.97. The second-order valence-electron chi connectivity index (χ2n) is 7.16. The molecule has 2 fully saturated rings. The molecule has 1 aliphatic carbocycles. The number of nitrogens with zero attached hydrogens (tertiary/aromatic N) is 1. The van der Waals surface area contributed by atoms with Crippen molar-refractivity contribution in [1.82, 2.24) is 10.2 Å². The van der Waals surface area contributed by atoms with Gasteiger partial charge in [-0.25, -0.2) is 4.79 Å². The van der Waals surface area contributed by atoms with Crippen molar-refractivity contribution in [1.29, 1.82) is 0 Å². The fraction of sp³-hybridized carbons (Fsp3) is 0.526. The van der Waals surface area contributed by atoms with Gasteiger partial charge in [0, 0.05) is 24.6 Å². The van der Waals surface area contributed by atoms with Gasteiger partial charge in [0.05, 0.1) is 0 Å². The van der Waals surface area contributed by atoms with Crippen molar-refractivity contribution in [3.63, 3.8) is 0 Å². The van der Waals surface area contributed by atoms with Crippen LogP contribution in [0.25, 0.3) is 0 Å². The number of aliphatic carboxylic acids is 1. The standard InChI is InChI=1S/C19H24N2O4/c1-13-3-5-15(6-4-13)17(23)21-11-7-14(8-12-21)16(22)20-19(18(24)25)9-2-10-19/h3-6,14H,2,7-12H2,1H3,(H,20,22)(H,24,25). The van der Waals surface area contributed by atoms with Gasteiger partial charge in [0.15, 0.2) is 0 Å². The van der Waals surface area contributed by atoms with Crippen molar-refractivity contribution < 1.29 is 19.5 Å². The first-order valence-corrected chi connectivity index (χ1v) is 8.83. The maximum absolute atomic E-state index is 12.5. The highest BCUT2D eigenvalue weighted by atomic mass is 16.4. The van der Waals surface area contributed by atoms with Crippen LogP contribution >= 0.6 is 0 Å². The Hall–Kier alpha value is -2.37. The molecule has 3 rings (SSSR count). The Morgan fingerprint density at radius 3 is 2.20 bits per heavy atom. The van der Waals surface area contributed by atoms with Gasteiger partial charge in [0.25, 0.3) is 5.91 Å². The van der Waals surface area contributed by atoms with Gasteiger partial charge in [0.2, 0.25) is 5.91 Å². The summed E-state index contributed by atoms with van der Waals surface area (Å²) in [7, 11) is 0. The molecule has 1 saturated carbocycles. The van der Waals surface area contributed by atoms with E-state index in [4.69, 9.17) is 0 Å². The molecule has 0 aromatic heterocycles. The summed E-state index contributed by atoms with van der Waals surface area (Å²) >= 11 is 0. The number of rotatable bonds is 4. The summed E-state index contributed by atoms with van der Waals surface area (Å²) in [5.41, 5.74) is 0.703. The van der Waals surface area contributed by atoms with Gasteiger partial charge in [-0.1, -0.05) is 17.7 Å². The number of hydrogen-bond donors (Lipinski definition) is 2. The molecule has 0 radical (unpaired) electrons. The highest BCUT2D eigenvalue weighted by Gasteiger charge is 2.46. The number of carboxylic acids is 1. The Balaban J connectivity index is 1.54. The number of hydrogen-bond acceptors (Lipinski definition) is 3. The van der Waals surface area contributed by atoms with Gasteiger partial charge in [-0.15, -0.1) is 0 Å². The van der Waals surface area contributed by atoms with Crippen LogP contribution < -0.4 is 5.32 Å². The van der Waals surface area contributed by atoms with E-state index in [1.165, 1.54) is 0 Å². The number of carbonyl (C=O) groups excluding carboxylic acids is 2. The molecule has 1 aromatic rings. The van der Waals surface area contributed by atoms with Gasteiger partial charge in [-0.2, -0.15) is 0 Å². The van der Waals surface area contributed by atoms with Crippen LogP contribution in [0.1, 0.15) is 48.0 Å².